The van der Waals surface area contributed by atoms with E-state index in [1.165, 1.54) is 10.3 Å². The molecule has 1 amide bonds. The first kappa shape index (κ1) is 15.2. The first-order valence-electron chi connectivity index (χ1n) is 6.53. The lowest BCUT2D eigenvalue weighted by Gasteiger charge is -2.08. The summed E-state index contributed by atoms with van der Waals surface area (Å²) < 4.78 is 22.4. The molecule has 1 aromatic rings. The minimum absolute atomic E-state index is 0.0560. The number of sulfone groups is 1. The van der Waals surface area contributed by atoms with Gasteiger partial charge in [-0.3, -0.25) is 4.79 Å². The molecule has 0 aromatic carbocycles. The molecule has 1 aliphatic rings. The Balaban J connectivity index is 1.64. The van der Waals surface area contributed by atoms with E-state index in [4.69, 9.17) is 0 Å². The van der Waals surface area contributed by atoms with Gasteiger partial charge < -0.3 is 5.32 Å². The van der Waals surface area contributed by atoms with E-state index in [1.807, 2.05) is 12.4 Å². The highest BCUT2D eigenvalue weighted by molar-refractivity contribution is 7.94. The number of aromatic nitrogens is 1. The van der Waals surface area contributed by atoms with Crippen LogP contribution in [0, 0.1) is 12.8 Å². The number of aryl methyl sites for hydroxylation is 2. The number of rotatable bonds is 6. The van der Waals surface area contributed by atoms with Gasteiger partial charge in [0.05, 0.1) is 17.0 Å². The summed E-state index contributed by atoms with van der Waals surface area (Å²) in [5, 5.41) is 4.04. The van der Waals surface area contributed by atoms with Gasteiger partial charge in [-0.25, -0.2) is 13.4 Å². The number of carbonyl (C=O) groups excluding carboxylic acids is 1. The van der Waals surface area contributed by atoms with Gasteiger partial charge in [0.1, 0.15) is 0 Å². The largest absolute Gasteiger partial charge is 0.356 e. The number of nitrogens with one attached hydrogen (secondary N) is 1. The molecule has 0 saturated heterocycles. The summed E-state index contributed by atoms with van der Waals surface area (Å²) in [6.45, 7) is 2.59. The lowest BCUT2D eigenvalue weighted by atomic mass is 10.1. The Morgan fingerprint density at radius 3 is 2.95 bits per heavy atom. The first-order valence-corrected chi connectivity index (χ1v) is 9.12. The second-order valence-electron chi connectivity index (χ2n) is 4.94. The molecule has 2 rings (SSSR count). The van der Waals surface area contributed by atoms with Crippen LogP contribution < -0.4 is 5.32 Å². The van der Waals surface area contributed by atoms with Gasteiger partial charge >= 0.3 is 0 Å². The Kier molecular flexibility index (Phi) is 4.93. The number of hydrogen-bond acceptors (Lipinski definition) is 5. The van der Waals surface area contributed by atoms with Crippen molar-refractivity contribution in [3.63, 3.8) is 0 Å². The monoisotopic (exact) mass is 314 g/mol. The minimum Gasteiger partial charge on any atom is -0.356 e. The van der Waals surface area contributed by atoms with Crippen molar-refractivity contribution in [2.45, 2.75) is 26.2 Å². The number of amides is 1. The van der Waals surface area contributed by atoms with Crippen molar-refractivity contribution >= 4 is 27.1 Å². The summed E-state index contributed by atoms with van der Waals surface area (Å²) in [6, 6.07) is 0. The number of thiazole rings is 1. The number of allylic oxidation sites excluding steroid dienone is 1. The predicted octanol–water partition coefficient (Wildman–Crippen LogP) is 1.45. The zero-order valence-electron chi connectivity index (χ0n) is 11.3. The lowest BCUT2D eigenvalue weighted by molar-refractivity contribution is -0.121. The van der Waals surface area contributed by atoms with Crippen LogP contribution >= 0.6 is 11.3 Å². The summed E-state index contributed by atoms with van der Waals surface area (Å²) in [7, 11) is -3.07. The van der Waals surface area contributed by atoms with E-state index in [0.717, 1.165) is 18.5 Å². The molecule has 0 bridgehead atoms. The molecule has 1 unspecified atom stereocenters. The quantitative estimate of drug-likeness (QED) is 0.806. The summed E-state index contributed by atoms with van der Waals surface area (Å²) in [5.74, 6) is -0.206. The van der Waals surface area contributed by atoms with Crippen LogP contribution in [0.5, 0.6) is 0 Å². The number of nitrogens with zero attached hydrogens (tertiary/aromatic N) is 1. The molecule has 1 atom stereocenters. The van der Waals surface area contributed by atoms with Crippen LogP contribution in [0.3, 0.4) is 0 Å². The van der Waals surface area contributed by atoms with Gasteiger partial charge in [-0.15, -0.1) is 11.3 Å². The van der Waals surface area contributed by atoms with Crippen molar-refractivity contribution < 1.29 is 13.2 Å². The smallest absolute Gasteiger partial charge is 0.220 e. The summed E-state index contributed by atoms with van der Waals surface area (Å²) in [4.78, 5) is 17.1. The van der Waals surface area contributed by atoms with Crippen molar-refractivity contribution in [1.82, 2.24) is 10.3 Å². The maximum absolute atomic E-state index is 11.7. The highest BCUT2D eigenvalue weighted by Gasteiger charge is 2.23. The molecular weight excluding hydrogens is 296 g/mol. The van der Waals surface area contributed by atoms with E-state index < -0.39 is 9.84 Å². The Morgan fingerprint density at radius 2 is 2.35 bits per heavy atom. The van der Waals surface area contributed by atoms with Crippen LogP contribution in [0.15, 0.2) is 17.0 Å². The third-order valence-electron chi connectivity index (χ3n) is 3.20. The molecule has 0 aliphatic carbocycles. The topological polar surface area (TPSA) is 76.1 Å². The van der Waals surface area contributed by atoms with Gasteiger partial charge in [0, 0.05) is 29.2 Å². The van der Waals surface area contributed by atoms with E-state index in [0.29, 0.717) is 6.54 Å². The van der Waals surface area contributed by atoms with Gasteiger partial charge in [-0.2, -0.15) is 0 Å². The van der Waals surface area contributed by atoms with Crippen molar-refractivity contribution in [2.24, 2.45) is 5.92 Å². The maximum Gasteiger partial charge on any atom is 0.220 e. The Morgan fingerprint density at radius 1 is 1.55 bits per heavy atom. The zero-order valence-corrected chi connectivity index (χ0v) is 13.0. The average molecular weight is 314 g/mol. The Bertz CT molecular complexity index is 605. The molecule has 5 nitrogen and oxygen atoms in total. The molecule has 20 heavy (non-hydrogen) atoms. The fourth-order valence-corrected chi connectivity index (χ4v) is 4.34. The minimum atomic E-state index is -3.07. The molecule has 7 heteroatoms. The van der Waals surface area contributed by atoms with Gasteiger partial charge in [0.15, 0.2) is 9.84 Å². The van der Waals surface area contributed by atoms with E-state index in [1.54, 1.807) is 17.4 Å². The first-order chi connectivity index (χ1) is 9.46. The lowest BCUT2D eigenvalue weighted by Crippen LogP contribution is -2.27. The Labute approximate surface area is 123 Å². The van der Waals surface area contributed by atoms with Gasteiger partial charge in [0.2, 0.25) is 5.91 Å². The predicted molar refractivity (Wildman–Crippen MR) is 79.2 cm³/mol. The highest BCUT2D eigenvalue weighted by Crippen LogP contribution is 2.18. The number of carbonyl (C=O) groups is 1. The summed E-state index contributed by atoms with van der Waals surface area (Å²) >= 11 is 1.63. The van der Waals surface area contributed by atoms with Crippen LogP contribution in [0.25, 0.3) is 0 Å². The van der Waals surface area contributed by atoms with Crippen LogP contribution in [-0.2, 0) is 21.1 Å². The molecular formula is C13H18N2O3S2. The van der Waals surface area contributed by atoms with E-state index in [2.05, 4.69) is 10.3 Å². The summed E-state index contributed by atoms with van der Waals surface area (Å²) in [6.07, 6.45) is 3.63. The average Bonchev–Trinajstić information content (AvgIpc) is 2.91. The molecule has 1 N–H and O–H groups in total. The van der Waals surface area contributed by atoms with Crippen LogP contribution in [-0.4, -0.2) is 31.6 Å². The molecule has 0 fully saturated rings. The summed E-state index contributed by atoms with van der Waals surface area (Å²) in [5.41, 5.74) is 2.89. The molecule has 1 aromatic heterocycles. The van der Waals surface area contributed by atoms with E-state index in [-0.39, 0.29) is 24.0 Å². The fourth-order valence-electron chi connectivity index (χ4n) is 2.12. The zero-order chi connectivity index (χ0) is 14.6. The second-order valence-corrected chi connectivity index (χ2v) is 7.81. The third-order valence-corrected chi connectivity index (χ3v) is 5.66. The Hall–Kier alpha value is -1.21. The molecule has 0 spiro atoms. The van der Waals surface area contributed by atoms with Crippen LogP contribution in [0.2, 0.25) is 0 Å². The molecule has 110 valence electrons. The second kappa shape index (κ2) is 6.49. The maximum atomic E-state index is 11.7. The van der Waals surface area contributed by atoms with Gasteiger partial charge in [-0.1, -0.05) is 6.08 Å². The van der Waals surface area contributed by atoms with Crippen molar-refractivity contribution in [3.8, 4) is 0 Å². The van der Waals surface area contributed by atoms with Gasteiger partial charge in [-0.05, 0) is 19.8 Å². The van der Waals surface area contributed by atoms with Crippen LogP contribution in [0.4, 0.5) is 0 Å². The highest BCUT2D eigenvalue weighted by atomic mass is 32.2. The molecule has 0 radical (unpaired) electrons. The van der Waals surface area contributed by atoms with Crippen LogP contribution in [0.1, 0.15) is 23.4 Å². The van der Waals surface area contributed by atoms with E-state index >= 15 is 0 Å². The van der Waals surface area contributed by atoms with Crippen molar-refractivity contribution in [3.05, 3.63) is 27.6 Å². The van der Waals surface area contributed by atoms with Gasteiger partial charge in [0.25, 0.3) is 0 Å². The normalized spacial score (nSPS) is 20.1. The SMILES string of the molecule is Cc1ncsc1CCCNC(=O)CC1C=CS(=O)(=O)C1. The van der Waals surface area contributed by atoms with Crippen molar-refractivity contribution in [1.29, 1.82) is 0 Å². The third kappa shape index (κ3) is 4.42. The molecule has 2 heterocycles. The number of hydrogen-bond donors (Lipinski definition) is 1. The fraction of sp³-hybridized carbons (Fsp3) is 0.538. The van der Waals surface area contributed by atoms with Crippen molar-refractivity contribution in [2.75, 3.05) is 12.3 Å². The standard InChI is InChI=1S/C13H18N2O3S2/c1-10-12(19-9-15-10)3-2-5-14-13(16)7-11-4-6-20(17,18)8-11/h4,6,9,11H,2-3,5,7-8H2,1H3,(H,14,16). The molecule has 0 saturated carbocycles. The molecule has 1 aliphatic heterocycles. The van der Waals surface area contributed by atoms with E-state index in [9.17, 15) is 13.2 Å².